The monoisotopic (exact) mass is 976 g/mol. The molecule has 4 aromatic carbocycles. The summed E-state index contributed by atoms with van der Waals surface area (Å²) in [6, 6.07) is 36.6. The summed E-state index contributed by atoms with van der Waals surface area (Å²) in [4.78, 5) is 53.1. The first-order valence-electron chi connectivity index (χ1n) is 25.5. The average molecular weight is 976 g/mol. The van der Waals surface area contributed by atoms with Gasteiger partial charge in [-0.25, -0.2) is 9.69 Å². The van der Waals surface area contributed by atoms with E-state index in [1.54, 1.807) is 6.92 Å². The Labute approximate surface area is 421 Å². The van der Waals surface area contributed by atoms with Crippen LogP contribution >= 0.6 is 0 Å². The van der Waals surface area contributed by atoms with Gasteiger partial charge in [-0.1, -0.05) is 109 Å². The zero-order valence-electron chi connectivity index (χ0n) is 43.3. The van der Waals surface area contributed by atoms with Gasteiger partial charge in [0.1, 0.15) is 11.2 Å². The SMILES string of the molecule is CC(C)(C)OC(=O)C[C@H](Cc1ccc(-c2ccccc2)cc1)C[C@@](C)(COC1CCCCO1)C(=O)O.CC(C)(C)OC(=O)N1C(=O)[C@](C)(COC2CCCCO2)C[C@H]1Cc1ccc(-c2ccccc2)cc1. The van der Waals surface area contributed by atoms with Gasteiger partial charge in [0.2, 0.25) is 5.91 Å². The molecule has 2 amide bonds. The van der Waals surface area contributed by atoms with E-state index in [9.17, 15) is 24.3 Å². The number of carboxylic acids is 1. The molecule has 1 N–H and O–H groups in total. The van der Waals surface area contributed by atoms with Crippen LogP contribution in [-0.4, -0.2) is 90.2 Å². The van der Waals surface area contributed by atoms with Crippen LogP contribution in [0.2, 0.25) is 0 Å². The highest BCUT2D eigenvalue weighted by Crippen LogP contribution is 2.40. The fourth-order valence-electron chi connectivity index (χ4n) is 9.44. The molecule has 0 spiro atoms. The van der Waals surface area contributed by atoms with E-state index in [0.29, 0.717) is 32.5 Å². The predicted octanol–water partition coefficient (Wildman–Crippen LogP) is 12.2. The van der Waals surface area contributed by atoms with Crippen LogP contribution in [0.15, 0.2) is 109 Å². The Bertz CT molecular complexity index is 2310. The fourth-order valence-corrected chi connectivity index (χ4v) is 9.44. The van der Waals surface area contributed by atoms with Crippen molar-refractivity contribution in [1.29, 1.82) is 0 Å². The van der Waals surface area contributed by atoms with Crippen molar-refractivity contribution in [2.24, 2.45) is 16.7 Å². The standard InChI is InChI=1S/C30H40O6.C29H37NO5/c1-29(2,3)36-26(31)19-23(18-22-13-15-25(16-14-22)24-10-6-5-7-11-24)20-30(4,28(32)33)21-35-27-12-8-9-17-34-27;1-28(2,3)35-27(32)30-24(18-21-13-15-23(16-14-21)22-10-6-5-7-11-22)19-29(4,26(30)31)20-34-25-12-8-9-17-33-25/h5-7,10-11,13-16,23,27H,8-9,12,17-21H2,1-4H3,(H,32,33);5-7,10-11,13-16,24-25H,8-9,12,17-20H2,1-4H3/t23-,27?,30-;24-,25?,29+/m01/s1. The second kappa shape index (κ2) is 24.8. The lowest BCUT2D eigenvalue weighted by Crippen LogP contribution is -2.45. The van der Waals surface area contributed by atoms with E-state index in [4.69, 9.17) is 28.4 Å². The molecule has 12 nitrogen and oxygen atoms in total. The van der Waals surface area contributed by atoms with Crippen LogP contribution in [0.4, 0.5) is 4.79 Å². The molecule has 3 saturated heterocycles. The van der Waals surface area contributed by atoms with Gasteiger partial charge in [0.15, 0.2) is 12.6 Å². The maximum absolute atomic E-state index is 13.6. The Kier molecular flexibility index (Phi) is 19.2. The van der Waals surface area contributed by atoms with Crippen molar-refractivity contribution < 1.29 is 52.7 Å². The van der Waals surface area contributed by atoms with Gasteiger partial charge in [-0.3, -0.25) is 14.4 Å². The van der Waals surface area contributed by atoms with E-state index in [-0.39, 0.29) is 62.5 Å². The third-order valence-corrected chi connectivity index (χ3v) is 13.1. The minimum atomic E-state index is -1.16. The zero-order chi connectivity index (χ0) is 51.2. The smallest absolute Gasteiger partial charge is 0.417 e. The van der Waals surface area contributed by atoms with E-state index < -0.39 is 34.1 Å². The van der Waals surface area contributed by atoms with Gasteiger partial charge in [-0.15, -0.1) is 0 Å². The van der Waals surface area contributed by atoms with Gasteiger partial charge in [0, 0.05) is 25.7 Å². The van der Waals surface area contributed by atoms with E-state index in [0.717, 1.165) is 71.9 Å². The number of nitrogens with zero attached hydrogens (tertiary/aromatic N) is 1. The number of rotatable bonds is 17. The highest BCUT2D eigenvalue weighted by atomic mass is 16.7. The van der Waals surface area contributed by atoms with E-state index in [1.807, 2.05) is 84.9 Å². The minimum Gasteiger partial charge on any atom is -0.481 e. The summed E-state index contributed by atoms with van der Waals surface area (Å²) in [7, 11) is 0. The van der Waals surface area contributed by atoms with Gasteiger partial charge >= 0.3 is 18.0 Å². The number of hydrogen-bond acceptors (Lipinski definition) is 10. The lowest BCUT2D eigenvalue weighted by molar-refractivity contribution is -0.188. The molecular weight excluding hydrogens is 899 g/mol. The highest BCUT2D eigenvalue weighted by molar-refractivity contribution is 5.98. The summed E-state index contributed by atoms with van der Waals surface area (Å²) in [5.74, 6) is -1.72. The Morgan fingerprint density at radius 2 is 1.17 bits per heavy atom. The van der Waals surface area contributed by atoms with Crippen molar-refractivity contribution in [2.75, 3.05) is 26.4 Å². The Hall–Kier alpha value is -5.40. The fraction of sp³-hybridized carbons (Fsp3) is 0.525. The quantitative estimate of drug-likeness (QED) is 0.101. The number of esters is 1. The summed E-state index contributed by atoms with van der Waals surface area (Å²) >= 11 is 0. The number of ether oxygens (including phenoxy) is 6. The second-order valence-corrected chi connectivity index (χ2v) is 22.0. The molecule has 3 aliphatic rings. The van der Waals surface area contributed by atoms with E-state index in [2.05, 4.69) is 72.8 Å². The molecule has 0 aliphatic carbocycles. The lowest BCUT2D eigenvalue weighted by Gasteiger charge is -2.32. The van der Waals surface area contributed by atoms with Crippen molar-refractivity contribution in [3.05, 3.63) is 120 Å². The number of aliphatic carboxylic acids is 1. The molecule has 2 unspecified atom stereocenters. The molecule has 3 aliphatic heterocycles. The Morgan fingerprint density at radius 1 is 0.676 bits per heavy atom. The Morgan fingerprint density at radius 3 is 1.65 bits per heavy atom. The zero-order valence-corrected chi connectivity index (χ0v) is 43.3. The maximum atomic E-state index is 13.6. The molecule has 4 aromatic rings. The van der Waals surface area contributed by atoms with Crippen LogP contribution in [0.3, 0.4) is 0 Å². The molecular formula is C59H77NO11. The van der Waals surface area contributed by atoms with Gasteiger partial charge in [0.05, 0.1) is 24.0 Å². The first kappa shape index (κ1) is 54.9. The number of imide groups is 1. The number of hydrogen-bond donors (Lipinski definition) is 1. The third kappa shape index (κ3) is 16.8. The van der Waals surface area contributed by atoms with Crippen LogP contribution < -0.4 is 0 Å². The maximum Gasteiger partial charge on any atom is 0.417 e. The van der Waals surface area contributed by atoms with Crippen LogP contribution in [0.1, 0.15) is 124 Å². The van der Waals surface area contributed by atoms with Crippen molar-refractivity contribution in [1.82, 2.24) is 4.90 Å². The first-order chi connectivity index (χ1) is 33.7. The second-order valence-electron chi connectivity index (χ2n) is 22.0. The normalized spacial score (nSPS) is 21.8. The number of likely N-dealkylation sites (tertiary alicyclic amines) is 1. The van der Waals surface area contributed by atoms with Crippen molar-refractivity contribution in [3.8, 4) is 22.3 Å². The minimum absolute atomic E-state index is 0.0325. The summed E-state index contributed by atoms with van der Waals surface area (Å²) in [5.41, 5.74) is 3.38. The number of carbonyl (C=O) groups is 4. The molecule has 12 heteroatoms. The molecule has 0 bridgehead atoms. The third-order valence-electron chi connectivity index (χ3n) is 13.1. The molecule has 0 aromatic heterocycles. The van der Waals surface area contributed by atoms with E-state index >= 15 is 0 Å². The topological polar surface area (TPSA) is 147 Å². The van der Waals surface area contributed by atoms with Crippen molar-refractivity contribution in [2.45, 2.75) is 156 Å². The number of carboxylic acid groups (broad SMARTS) is 1. The van der Waals surface area contributed by atoms with Crippen LogP contribution in [0.5, 0.6) is 0 Å². The molecule has 384 valence electrons. The molecule has 7 rings (SSSR count). The number of amides is 2. The Balaban J connectivity index is 0.000000232. The number of benzene rings is 4. The van der Waals surface area contributed by atoms with Crippen LogP contribution in [0.25, 0.3) is 22.3 Å². The molecule has 0 saturated carbocycles. The van der Waals surface area contributed by atoms with Crippen molar-refractivity contribution >= 4 is 23.9 Å². The summed E-state index contributed by atoms with van der Waals surface area (Å²) < 4.78 is 34.4. The molecule has 6 atom stereocenters. The van der Waals surface area contributed by atoms with Crippen LogP contribution in [0, 0.1) is 16.7 Å². The van der Waals surface area contributed by atoms with Crippen LogP contribution in [-0.2, 0) is 55.6 Å². The largest absolute Gasteiger partial charge is 0.481 e. The predicted molar refractivity (Wildman–Crippen MR) is 274 cm³/mol. The molecule has 3 heterocycles. The summed E-state index contributed by atoms with van der Waals surface area (Å²) in [6.45, 7) is 16.1. The summed E-state index contributed by atoms with van der Waals surface area (Å²) in [5, 5.41) is 10.1. The van der Waals surface area contributed by atoms with Crippen molar-refractivity contribution in [3.63, 3.8) is 0 Å². The lowest BCUT2D eigenvalue weighted by atomic mass is 9.78. The molecule has 0 radical (unpaired) electrons. The molecule has 3 fully saturated rings. The summed E-state index contributed by atoms with van der Waals surface area (Å²) in [6.07, 6.45) is 6.52. The van der Waals surface area contributed by atoms with Gasteiger partial charge < -0.3 is 33.5 Å². The van der Waals surface area contributed by atoms with Gasteiger partial charge in [0.25, 0.3) is 0 Å². The highest BCUT2D eigenvalue weighted by Gasteiger charge is 2.52. The van der Waals surface area contributed by atoms with Gasteiger partial charge in [-0.2, -0.15) is 0 Å². The number of carbonyl (C=O) groups excluding carboxylic acids is 3. The van der Waals surface area contributed by atoms with E-state index in [1.165, 1.54) is 4.90 Å². The molecule has 71 heavy (non-hydrogen) atoms. The van der Waals surface area contributed by atoms with Gasteiger partial charge in [-0.05, 0) is 159 Å². The first-order valence-corrected chi connectivity index (χ1v) is 25.5. The average Bonchev–Trinajstić information content (AvgIpc) is 3.58.